The molecule has 1 aliphatic carbocycles. The van der Waals surface area contributed by atoms with Crippen molar-refractivity contribution in [2.24, 2.45) is 11.8 Å². The van der Waals surface area contributed by atoms with Crippen molar-refractivity contribution in [2.45, 2.75) is 26.2 Å². The van der Waals surface area contributed by atoms with Crippen molar-refractivity contribution in [3.63, 3.8) is 0 Å². The molecule has 0 aliphatic heterocycles. The summed E-state index contributed by atoms with van der Waals surface area (Å²) in [6.45, 7) is 2.20. The Bertz CT molecular complexity index is 355. The molecule has 3 N–H and O–H groups in total. The summed E-state index contributed by atoms with van der Waals surface area (Å²) in [6.07, 6.45) is 4.36. The van der Waals surface area contributed by atoms with Crippen LogP contribution in [0.25, 0.3) is 0 Å². The molecule has 0 unspecified atom stereocenters. The summed E-state index contributed by atoms with van der Waals surface area (Å²) in [5.74, 6) is 0.0667. The number of carbonyl (C=O) groups excluding carboxylic acids is 2. The molecule has 1 fully saturated rings. The highest BCUT2D eigenvalue weighted by atomic mass is 16.5. The third-order valence-electron chi connectivity index (χ3n) is 3.46. The third kappa shape index (κ3) is 4.90. The van der Waals surface area contributed by atoms with Gasteiger partial charge in [-0.2, -0.15) is 0 Å². The van der Waals surface area contributed by atoms with Crippen LogP contribution < -0.4 is 10.6 Å². The number of rotatable bonds is 5. The fourth-order valence-electron chi connectivity index (χ4n) is 2.32. The SMILES string of the molecule is CO/C=C(\C)C(=O)NC(=O)NC[C@@H]1CCC[C@@H]1CO. The van der Waals surface area contributed by atoms with E-state index in [-0.39, 0.29) is 12.5 Å². The molecule has 6 heteroatoms. The minimum atomic E-state index is -0.516. The second-order valence-electron chi connectivity index (χ2n) is 4.83. The van der Waals surface area contributed by atoms with E-state index < -0.39 is 11.9 Å². The van der Waals surface area contributed by atoms with Crippen molar-refractivity contribution in [2.75, 3.05) is 20.3 Å². The molecule has 19 heavy (non-hydrogen) atoms. The van der Waals surface area contributed by atoms with Crippen LogP contribution >= 0.6 is 0 Å². The van der Waals surface area contributed by atoms with Gasteiger partial charge in [0, 0.05) is 18.7 Å². The van der Waals surface area contributed by atoms with E-state index in [4.69, 9.17) is 4.74 Å². The lowest BCUT2D eigenvalue weighted by molar-refractivity contribution is -0.116. The Morgan fingerprint density at radius 3 is 2.68 bits per heavy atom. The molecule has 0 bridgehead atoms. The van der Waals surface area contributed by atoms with Crippen molar-refractivity contribution >= 4 is 11.9 Å². The van der Waals surface area contributed by atoms with Gasteiger partial charge >= 0.3 is 6.03 Å². The first-order valence-electron chi connectivity index (χ1n) is 6.48. The largest absolute Gasteiger partial charge is 0.504 e. The van der Waals surface area contributed by atoms with Gasteiger partial charge in [-0.25, -0.2) is 4.79 Å². The molecule has 6 nitrogen and oxygen atoms in total. The van der Waals surface area contributed by atoms with Crippen LogP contribution in [0.5, 0.6) is 0 Å². The molecular weight excluding hydrogens is 248 g/mol. The van der Waals surface area contributed by atoms with Crippen LogP contribution in [0.15, 0.2) is 11.8 Å². The quantitative estimate of drug-likeness (QED) is 0.508. The number of urea groups is 1. The topological polar surface area (TPSA) is 87.7 Å². The second-order valence-corrected chi connectivity index (χ2v) is 4.83. The van der Waals surface area contributed by atoms with Crippen molar-refractivity contribution < 1.29 is 19.4 Å². The van der Waals surface area contributed by atoms with Gasteiger partial charge < -0.3 is 15.2 Å². The first-order valence-corrected chi connectivity index (χ1v) is 6.48. The number of ether oxygens (including phenoxy) is 1. The van der Waals surface area contributed by atoms with Gasteiger partial charge in [0.25, 0.3) is 5.91 Å². The monoisotopic (exact) mass is 270 g/mol. The fraction of sp³-hybridized carbons (Fsp3) is 0.692. The lowest BCUT2D eigenvalue weighted by Crippen LogP contribution is -2.42. The molecule has 0 saturated heterocycles. The molecule has 0 aromatic rings. The van der Waals surface area contributed by atoms with E-state index in [0.717, 1.165) is 19.3 Å². The van der Waals surface area contributed by atoms with E-state index in [1.807, 2.05) is 0 Å². The van der Waals surface area contributed by atoms with Gasteiger partial charge in [-0.3, -0.25) is 10.1 Å². The number of carbonyl (C=O) groups is 2. The van der Waals surface area contributed by atoms with Gasteiger partial charge in [0.15, 0.2) is 0 Å². The standard InChI is InChI=1S/C13H22N2O4/c1-9(8-19-2)12(17)15-13(18)14-6-10-4-3-5-11(10)7-16/h8,10-11,16H,3-7H2,1-2H3,(H2,14,15,17,18)/b9-8+/t10-,11+/m0/s1. The highest BCUT2D eigenvalue weighted by Gasteiger charge is 2.26. The molecule has 0 heterocycles. The Balaban J connectivity index is 2.32. The maximum atomic E-state index is 11.5. The Morgan fingerprint density at radius 1 is 1.37 bits per heavy atom. The van der Waals surface area contributed by atoms with Crippen LogP contribution in [-0.4, -0.2) is 37.3 Å². The lowest BCUT2D eigenvalue weighted by Gasteiger charge is -2.17. The number of aliphatic hydroxyl groups excluding tert-OH is 1. The maximum Gasteiger partial charge on any atom is 0.321 e. The molecule has 0 radical (unpaired) electrons. The van der Waals surface area contributed by atoms with Crippen LogP contribution in [0.2, 0.25) is 0 Å². The molecule has 1 rings (SSSR count). The summed E-state index contributed by atoms with van der Waals surface area (Å²) in [5.41, 5.74) is 0.326. The number of nitrogens with one attached hydrogen (secondary N) is 2. The first kappa shape index (κ1) is 15.5. The second kappa shape index (κ2) is 7.78. The average molecular weight is 270 g/mol. The Kier molecular flexibility index (Phi) is 6.35. The molecule has 2 atom stereocenters. The summed E-state index contributed by atoms with van der Waals surface area (Å²) in [7, 11) is 1.44. The zero-order valence-corrected chi connectivity index (χ0v) is 11.4. The van der Waals surface area contributed by atoms with E-state index in [0.29, 0.717) is 18.0 Å². The predicted octanol–water partition coefficient (Wildman–Crippen LogP) is 0.771. The molecular formula is C13H22N2O4. The van der Waals surface area contributed by atoms with E-state index in [9.17, 15) is 14.7 Å². The zero-order chi connectivity index (χ0) is 14.3. The molecule has 1 saturated carbocycles. The van der Waals surface area contributed by atoms with Crippen LogP contribution in [0.4, 0.5) is 4.79 Å². The summed E-state index contributed by atoms with van der Waals surface area (Å²) >= 11 is 0. The average Bonchev–Trinajstić information content (AvgIpc) is 2.83. The predicted molar refractivity (Wildman–Crippen MR) is 70.2 cm³/mol. The van der Waals surface area contributed by atoms with E-state index in [2.05, 4.69) is 10.6 Å². The van der Waals surface area contributed by atoms with Gasteiger partial charge in [-0.15, -0.1) is 0 Å². The maximum absolute atomic E-state index is 11.5. The fourth-order valence-corrected chi connectivity index (χ4v) is 2.32. The highest BCUT2D eigenvalue weighted by Crippen LogP contribution is 2.30. The highest BCUT2D eigenvalue weighted by molar-refractivity contribution is 6.03. The van der Waals surface area contributed by atoms with E-state index in [1.54, 1.807) is 6.92 Å². The summed E-state index contributed by atoms with van der Waals surface area (Å²) in [6, 6.07) is -0.516. The van der Waals surface area contributed by atoms with Crippen molar-refractivity contribution in [1.29, 1.82) is 0 Å². The molecule has 0 spiro atoms. The number of imide groups is 1. The molecule has 3 amide bonds. The van der Waals surface area contributed by atoms with Crippen LogP contribution in [0.3, 0.4) is 0 Å². The summed E-state index contributed by atoms with van der Waals surface area (Å²) < 4.78 is 4.69. The van der Waals surface area contributed by atoms with Crippen LogP contribution in [-0.2, 0) is 9.53 Å². The summed E-state index contributed by atoms with van der Waals surface area (Å²) in [4.78, 5) is 23.0. The van der Waals surface area contributed by atoms with Crippen molar-refractivity contribution in [3.8, 4) is 0 Å². The van der Waals surface area contributed by atoms with E-state index in [1.165, 1.54) is 13.4 Å². The number of aliphatic hydroxyl groups is 1. The van der Waals surface area contributed by atoms with Crippen molar-refractivity contribution in [3.05, 3.63) is 11.8 Å². The molecule has 0 aromatic carbocycles. The van der Waals surface area contributed by atoms with Crippen LogP contribution in [0, 0.1) is 11.8 Å². The Hall–Kier alpha value is -1.56. The summed E-state index contributed by atoms with van der Waals surface area (Å²) in [5, 5.41) is 14.1. The molecule has 108 valence electrons. The van der Waals surface area contributed by atoms with Crippen LogP contribution in [0.1, 0.15) is 26.2 Å². The normalized spacial score (nSPS) is 23.0. The number of amides is 3. The molecule has 0 aromatic heterocycles. The number of hydrogen-bond acceptors (Lipinski definition) is 4. The Morgan fingerprint density at radius 2 is 2.05 bits per heavy atom. The zero-order valence-electron chi connectivity index (χ0n) is 11.4. The van der Waals surface area contributed by atoms with E-state index >= 15 is 0 Å². The Labute approximate surface area is 113 Å². The number of hydrogen-bond donors (Lipinski definition) is 3. The minimum Gasteiger partial charge on any atom is -0.504 e. The molecule has 1 aliphatic rings. The smallest absolute Gasteiger partial charge is 0.321 e. The van der Waals surface area contributed by atoms with Gasteiger partial charge in [0.2, 0.25) is 0 Å². The van der Waals surface area contributed by atoms with Gasteiger partial charge in [-0.1, -0.05) is 6.42 Å². The first-order chi connectivity index (χ1) is 9.08. The van der Waals surface area contributed by atoms with Gasteiger partial charge in [-0.05, 0) is 31.6 Å². The minimum absolute atomic E-state index is 0.155. The van der Waals surface area contributed by atoms with Gasteiger partial charge in [0.05, 0.1) is 13.4 Å². The van der Waals surface area contributed by atoms with Gasteiger partial charge in [0.1, 0.15) is 0 Å². The lowest BCUT2D eigenvalue weighted by atomic mass is 9.97. The number of methoxy groups -OCH3 is 1. The van der Waals surface area contributed by atoms with Crippen molar-refractivity contribution in [1.82, 2.24) is 10.6 Å². The third-order valence-corrected chi connectivity index (χ3v) is 3.46.